The summed E-state index contributed by atoms with van der Waals surface area (Å²) in [7, 11) is 1.60. The van der Waals surface area contributed by atoms with Crippen LogP contribution in [0.5, 0.6) is 0 Å². The first-order valence-electron chi connectivity index (χ1n) is 4.34. The van der Waals surface area contributed by atoms with Crippen molar-refractivity contribution in [3.05, 3.63) is 20.8 Å². The molecular weight excluding hydrogens is 296 g/mol. The van der Waals surface area contributed by atoms with Crippen molar-refractivity contribution >= 4 is 39.1 Å². The van der Waals surface area contributed by atoms with E-state index in [4.69, 9.17) is 4.84 Å². The molecule has 1 atom stereocenters. The molecule has 1 aliphatic rings. The summed E-state index contributed by atoms with van der Waals surface area (Å²) in [6, 6.07) is 3.75. The van der Waals surface area contributed by atoms with Crippen molar-refractivity contribution in [2.24, 2.45) is 15.5 Å². The number of hydrogen-bond donors (Lipinski definition) is 0. The fourth-order valence-corrected chi connectivity index (χ4v) is 2.70. The van der Waals surface area contributed by atoms with Crippen LogP contribution in [0.1, 0.15) is 11.8 Å². The van der Waals surface area contributed by atoms with Crippen molar-refractivity contribution in [1.82, 2.24) is 0 Å². The lowest BCUT2D eigenvalue weighted by Crippen LogP contribution is -2.43. The molecule has 0 saturated carbocycles. The molecule has 2 rings (SSSR count). The highest BCUT2D eigenvalue weighted by molar-refractivity contribution is 9.11. The first kappa shape index (κ1) is 11.4. The summed E-state index contributed by atoms with van der Waals surface area (Å²) in [6.45, 7) is 1.32. The SMILES string of the molecule is CC(=O)O[N+]1(C)N=NN=C1c1ccc(Br)s1. The van der Waals surface area contributed by atoms with Crippen molar-refractivity contribution in [2.75, 3.05) is 7.05 Å². The van der Waals surface area contributed by atoms with Crippen LogP contribution in [0.25, 0.3) is 0 Å². The van der Waals surface area contributed by atoms with Gasteiger partial charge in [-0.15, -0.1) is 11.3 Å². The molecule has 84 valence electrons. The van der Waals surface area contributed by atoms with E-state index >= 15 is 0 Å². The predicted octanol–water partition coefficient (Wildman–Crippen LogP) is 2.48. The Balaban J connectivity index is 2.32. The van der Waals surface area contributed by atoms with E-state index in [1.54, 1.807) is 7.05 Å². The molecule has 0 aliphatic carbocycles. The Bertz CT molecular complexity index is 498. The van der Waals surface area contributed by atoms with Crippen LogP contribution in [0, 0.1) is 0 Å². The van der Waals surface area contributed by atoms with Crippen LogP contribution in [0.4, 0.5) is 0 Å². The highest BCUT2D eigenvalue weighted by Gasteiger charge is 2.42. The summed E-state index contributed by atoms with van der Waals surface area (Å²) in [6.07, 6.45) is 0. The minimum absolute atomic E-state index is 0.401. The molecule has 0 saturated heterocycles. The number of hydrogen-bond acceptors (Lipinski definition) is 6. The number of halogens is 1. The zero-order chi connectivity index (χ0) is 11.8. The molecule has 1 aromatic heterocycles. The Morgan fingerprint density at radius 1 is 1.56 bits per heavy atom. The van der Waals surface area contributed by atoms with Gasteiger partial charge in [0.1, 0.15) is 17.1 Å². The van der Waals surface area contributed by atoms with E-state index in [1.807, 2.05) is 12.1 Å². The second-order valence-corrected chi connectivity index (χ2v) is 5.63. The minimum atomic E-state index is -0.438. The molecule has 2 heterocycles. The lowest BCUT2D eigenvalue weighted by Gasteiger charge is -2.16. The van der Waals surface area contributed by atoms with Crippen LogP contribution in [0.2, 0.25) is 0 Å². The first-order valence-corrected chi connectivity index (χ1v) is 5.95. The fourth-order valence-electron chi connectivity index (χ4n) is 1.26. The average molecular weight is 304 g/mol. The molecule has 0 radical (unpaired) electrons. The average Bonchev–Trinajstić information content (AvgIpc) is 2.71. The Morgan fingerprint density at radius 2 is 2.31 bits per heavy atom. The zero-order valence-corrected chi connectivity index (χ0v) is 10.9. The van der Waals surface area contributed by atoms with Crippen molar-refractivity contribution in [1.29, 1.82) is 0 Å². The summed E-state index contributed by atoms with van der Waals surface area (Å²) >= 11 is 4.83. The molecule has 6 nitrogen and oxygen atoms in total. The lowest BCUT2D eigenvalue weighted by molar-refractivity contribution is -1.01. The lowest BCUT2D eigenvalue weighted by atomic mass is 10.4. The van der Waals surface area contributed by atoms with Gasteiger partial charge >= 0.3 is 11.8 Å². The molecule has 0 bridgehead atoms. The normalized spacial score (nSPS) is 23.3. The molecule has 0 amide bonds. The van der Waals surface area contributed by atoms with E-state index in [0.717, 1.165) is 8.66 Å². The molecule has 0 fully saturated rings. The number of carbonyl (C=O) groups is 1. The number of hydroxylamine groups is 2. The fraction of sp³-hybridized carbons (Fsp3) is 0.250. The smallest absolute Gasteiger partial charge is 0.246 e. The second kappa shape index (κ2) is 4.04. The third kappa shape index (κ3) is 2.04. The summed E-state index contributed by atoms with van der Waals surface area (Å²) in [4.78, 5) is 16.9. The molecule has 1 aromatic rings. The van der Waals surface area contributed by atoms with E-state index < -0.39 is 10.7 Å². The molecule has 1 unspecified atom stereocenters. The summed E-state index contributed by atoms with van der Waals surface area (Å²) < 4.78 is 0.564. The van der Waals surface area contributed by atoms with E-state index in [9.17, 15) is 4.79 Å². The molecule has 0 spiro atoms. The van der Waals surface area contributed by atoms with Crippen molar-refractivity contribution in [3.8, 4) is 0 Å². The highest BCUT2D eigenvalue weighted by Crippen LogP contribution is 2.28. The molecule has 0 aromatic carbocycles. The van der Waals surface area contributed by atoms with Crippen LogP contribution < -0.4 is 0 Å². The van der Waals surface area contributed by atoms with Crippen molar-refractivity contribution in [2.45, 2.75) is 6.92 Å². The maximum atomic E-state index is 11.0. The number of amidine groups is 1. The zero-order valence-electron chi connectivity index (χ0n) is 8.55. The standard InChI is InChI=1S/C8H8BrN4O2S/c1-5(14)15-13(2)8(10-11-12-13)6-3-4-7(9)16-6/h3-4H,1-2H3/q+1. The second-order valence-electron chi connectivity index (χ2n) is 3.17. The summed E-state index contributed by atoms with van der Waals surface area (Å²) in [5.41, 5.74) is 0. The van der Waals surface area contributed by atoms with Crippen molar-refractivity contribution in [3.63, 3.8) is 0 Å². The third-order valence-corrected chi connectivity index (χ3v) is 3.46. The van der Waals surface area contributed by atoms with Gasteiger partial charge in [0, 0.05) is 12.1 Å². The van der Waals surface area contributed by atoms with Gasteiger partial charge in [-0.25, -0.2) is 9.63 Å². The van der Waals surface area contributed by atoms with Crippen molar-refractivity contribution < 1.29 is 14.4 Å². The largest absolute Gasteiger partial charge is 0.368 e. The van der Waals surface area contributed by atoms with E-state index in [2.05, 4.69) is 31.5 Å². The maximum Gasteiger partial charge on any atom is 0.368 e. The van der Waals surface area contributed by atoms with Crippen LogP contribution >= 0.6 is 27.3 Å². The van der Waals surface area contributed by atoms with Crippen LogP contribution in [0.3, 0.4) is 0 Å². The van der Waals surface area contributed by atoms with Gasteiger partial charge in [0.15, 0.2) is 0 Å². The number of thiophene rings is 1. The molecular formula is C8H8BrN4O2S+. The molecule has 0 N–H and O–H groups in total. The molecule has 16 heavy (non-hydrogen) atoms. The Hall–Kier alpha value is -1.12. The molecule has 8 heteroatoms. The van der Waals surface area contributed by atoms with Gasteiger partial charge in [-0.1, -0.05) is 5.10 Å². The number of rotatable bonds is 2. The number of quaternary nitrogens is 1. The highest BCUT2D eigenvalue weighted by atomic mass is 79.9. The first-order chi connectivity index (χ1) is 7.51. The number of carbonyl (C=O) groups excluding carboxylic acids is 1. The predicted molar refractivity (Wildman–Crippen MR) is 61.4 cm³/mol. The quantitative estimate of drug-likeness (QED) is 0.788. The van der Waals surface area contributed by atoms with Gasteiger partial charge in [-0.2, -0.15) is 0 Å². The van der Waals surface area contributed by atoms with Gasteiger partial charge in [0.25, 0.3) is 0 Å². The Morgan fingerprint density at radius 3 is 2.88 bits per heavy atom. The van der Waals surface area contributed by atoms with Crippen LogP contribution in [-0.2, 0) is 9.63 Å². The van der Waals surface area contributed by atoms with Crippen LogP contribution in [-0.4, -0.2) is 23.6 Å². The monoisotopic (exact) mass is 303 g/mol. The summed E-state index contributed by atoms with van der Waals surface area (Å²) in [5, 5.41) is 11.2. The van der Waals surface area contributed by atoms with Gasteiger partial charge in [-0.3, -0.25) is 0 Å². The van der Waals surface area contributed by atoms with Gasteiger partial charge < -0.3 is 0 Å². The van der Waals surface area contributed by atoms with E-state index in [1.165, 1.54) is 18.3 Å². The Kier molecular flexibility index (Phi) is 2.87. The van der Waals surface area contributed by atoms with Gasteiger partial charge in [-0.05, 0) is 28.1 Å². The summed E-state index contributed by atoms with van der Waals surface area (Å²) in [5.74, 6) is 0.0533. The number of nitrogens with zero attached hydrogens (tertiary/aromatic N) is 4. The third-order valence-electron chi connectivity index (χ3n) is 1.84. The maximum absolute atomic E-state index is 11.0. The Labute approximate surface area is 104 Å². The van der Waals surface area contributed by atoms with Gasteiger partial charge in [0.2, 0.25) is 0 Å². The van der Waals surface area contributed by atoms with Gasteiger partial charge in [0.05, 0.1) is 8.54 Å². The van der Waals surface area contributed by atoms with E-state index in [-0.39, 0.29) is 0 Å². The molecule has 1 aliphatic heterocycles. The topological polar surface area (TPSA) is 63.4 Å². The van der Waals surface area contributed by atoms with E-state index in [0.29, 0.717) is 5.84 Å². The minimum Gasteiger partial charge on any atom is -0.246 e. The van der Waals surface area contributed by atoms with Crippen LogP contribution in [0.15, 0.2) is 31.5 Å².